The lowest BCUT2D eigenvalue weighted by Gasteiger charge is -2.38. The van der Waals surface area contributed by atoms with Crippen molar-refractivity contribution in [1.29, 1.82) is 0 Å². The van der Waals surface area contributed by atoms with Crippen molar-refractivity contribution in [2.45, 2.75) is 80.5 Å². The van der Waals surface area contributed by atoms with E-state index in [0.29, 0.717) is 19.3 Å². The first-order chi connectivity index (χ1) is 27.2. The van der Waals surface area contributed by atoms with Crippen LogP contribution in [0, 0.1) is 29.4 Å². The van der Waals surface area contributed by atoms with E-state index in [9.17, 15) is 36.0 Å². The van der Waals surface area contributed by atoms with Crippen molar-refractivity contribution in [3.8, 4) is 16.9 Å². The van der Waals surface area contributed by atoms with E-state index in [4.69, 9.17) is 18.9 Å². The van der Waals surface area contributed by atoms with Gasteiger partial charge in [0, 0.05) is 23.4 Å². The lowest BCUT2D eigenvalue weighted by molar-refractivity contribution is -0.144. The van der Waals surface area contributed by atoms with Gasteiger partial charge in [0.2, 0.25) is 5.91 Å². The zero-order valence-electron chi connectivity index (χ0n) is 32.1. The average Bonchev–Trinajstić information content (AvgIpc) is 3.75. The molecule has 6 rings (SSSR count). The van der Waals surface area contributed by atoms with E-state index in [2.05, 4.69) is 16.0 Å². The molecule has 0 radical (unpaired) electrons. The van der Waals surface area contributed by atoms with Crippen LogP contribution < -0.4 is 20.7 Å². The molecule has 2 bridgehead atoms. The van der Waals surface area contributed by atoms with Gasteiger partial charge in [-0.05, 0) is 106 Å². The number of benzene rings is 3. The molecule has 2 aliphatic carbocycles. The van der Waals surface area contributed by atoms with Gasteiger partial charge in [-0.3, -0.25) is 9.59 Å². The van der Waals surface area contributed by atoms with Crippen molar-refractivity contribution >= 4 is 33.4 Å². The average molecular weight is 838 g/mol. The first-order valence-electron chi connectivity index (χ1n) is 18.6. The predicted octanol–water partition coefficient (Wildman–Crippen LogP) is 6.92. The molecule has 3 fully saturated rings. The van der Waals surface area contributed by atoms with E-state index >= 15 is 8.78 Å². The molecule has 1 saturated heterocycles. The number of fused-ring (bicyclic) bond motifs is 2. The van der Waals surface area contributed by atoms with Crippen LogP contribution in [0.25, 0.3) is 11.1 Å². The number of carbonyl (C=O) groups excluding carboxylic acids is 3. The maximum atomic E-state index is 15.7. The molecule has 3 aliphatic rings. The van der Waals surface area contributed by atoms with Gasteiger partial charge in [0.05, 0.1) is 42.2 Å². The number of hydrogen-bond donors (Lipinski definition) is 3. The number of hydrogen-bond acceptors (Lipinski definition) is 9. The molecular formula is C40H44F5N3O9S. The van der Waals surface area contributed by atoms with Crippen molar-refractivity contribution in [2.24, 2.45) is 17.8 Å². The Balaban J connectivity index is 1.19. The maximum Gasteiger partial charge on any atom is 0.501 e. The van der Waals surface area contributed by atoms with Gasteiger partial charge < -0.3 is 34.9 Å². The second-order valence-electron chi connectivity index (χ2n) is 15.9. The number of nitrogens with one attached hydrogen (secondary N) is 3. The number of alkyl carbamates (subject to hydrolysis) is 1. The lowest BCUT2D eigenvalue weighted by Crippen LogP contribution is -2.58. The summed E-state index contributed by atoms with van der Waals surface area (Å²) < 4.78 is 116. The third kappa shape index (κ3) is 9.23. The van der Waals surface area contributed by atoms with E-state index in [1.54, 1.807) is 20.8 Å². The highest BCUT2D eigenvalue weighted by Crippen LogP contribution is 2.49. The minimum Gasteiger partial charge on any atom is -0.496 e. The molecule has 12 nitrogen and oxygen atoms in total. The van der Waals surface area contributed by atoms with Crippen molar-refractivity contribution in [1.82, 2.24) is 10.6 Å². The molecule has 0 unspecified atom stereocenters. The fourth-order valence-corrected chi connectivity index (χ4v) is 8.80. The summed E-state index contributed by atoms with van der Waals surface area (Å²) in [6, 6.07) is 9.45. The number of amides is 3. The van der Waals surface area contributed by atoms with Crippen LogP contribution >= 0.6 is 0 Å². The van der Waals surface area contributed by atoms with E-state index in [0.717, 1.165) is 30.3 Å². The maximum absolute atomic E-state index is 15.7. The highest BCUT2D eigenvalue weighted by Gasteiger charge is 2.52. The summed E-state index contributed by atoms with van der Waals surface area (Å²) in [7, 11) is -4.42. The smallest absolute Gasteiger partial charge is 0.496 e. The number of methoxy groups -OCH3 is 1. The number of ether oxygens (including phenoxy) is 4. The molecule has 3 amide bonds. The quantitative estimate of drug-likeness (QED) is 0.175. The third-order valence-electron chi connectivity index (χ3n) is 10.7. The molecule has 1 aliphatic heterocycles. The Labute approximate surface area is 332 Å². The van der Waals surface area contributed by atoms with Crippen molar-refractivity contribution in [2.75, 3.05) is 32.4 Å². The zero-order valence-corrected chi connectivity index (χ0v) is 33.0. The number of sulfone groups is 1. The largest absolute Gasteiger partial charge is 0.501 e. The summed E-state index contributed by atoms with van der Waals surface area (Å²) in [6.45, 7) is 5.41. The monoisotopic (exact) mass is 837 g/mol. The topological polar surface area (TPSA) is 158 Å². The van der Waals surface area contributed by atoms with Gasteiger partial charge in [0.1, 0.15) is 29.8 Å². The Morgan fingerprint density at radius 3 is 2.29 bits per heavy atom. The summed E-state index contributed by atoms with van der Waals surface area (Å²) in [5.74, 6) is -4.03. The van der Waals surface area contributed by atoms with Crippen LogP contribution in [0.15, 0.2) is 59.5 Å². The normalized spacial score (nSPS) is 21.6. The Kier molecular flexibility index (Phi) is 12.1. The zero-order chi connectivity index (χ0) is 42.2. The van der Waals surface area contributed by atoms with Crippen LogP contribution in [0.2, 0.25) is 0 Å². The minimum absolute atomic E-state index is 0.0354. The van der Waals surface area contributed by atoms with Gasteiger partial charge in [-0.1, -0.05) is 18.2 Å². The summed E-state index contributed by atoms with van der Waals surface area (Å²) >= 11 is 0. The summed E-state index contributed by atoms with van der Waals surface area (Å²) in [6.07, 6.45) is 1.61. The van der Waals surface area contributed by atoms with Gasteiger partial charge in [-0.25, -0.2) is 22.0 Å². The molecule has 314 valence electrons. The van der Waals surface area contributed by atoms with E-state index in [-0.39, 0.29) is 78.4 Å². The third-order valence-corrected chi connectivity index (χ3v) is 12.2. The Morgan fingerprint density at radius 2 is 1.64 bits per heavy atom. The van der Waals surface area contributed by atoms with Crippen LogP contribution in [0.1, 0.15) is 62.4 Å². The Bertz CT molecular complexity index is 2170. The fraction of sp³-hybridized carbons (Fsp3) is 0.475. The number of aryl methyl sites for hydroxylation is 1. The van der Waals surface area contributed by atoms with E-state index in [1.165, 1.54) is 31.4 Å². The molecule has 18 heteroatoms. The second-order valence-corrected chi connectivity index (χ2v) is 17.8. The van der Waals surface area contributed by atoms with E-state index in [1.807, 2.05) is 0 Å². The van der Waals surface area contributed by atoms with Crippen LogP contribution in [0.5, 0.6) is 5.75 Å². The number of halogens is 5. The first-order valence-corrected chi connectivity index (χ1v) is 20.0. The second kappa shape index (κ2) is 16.4. The van der Waals surface area contributed by atoms with Crippen molar-refractivity contribution in [3.63, 3.8) is 0 Å². The number of rotatable bonds is 11. The summed E-state index contributed by atoms with van der Waals surface area (Å²) in [5.41, 5.74) is -7.28. The van der Waals surface area contributed by atoms with Crippen LogP contribution in [0.3, 0.4) is 0 Å². The molecule has 2 saturated carbocycles. The molecule has 1 heterocycles. The van der Waals surface area contributed by atoms with Crippen LogP contribution in [-0.4, -0.2) is 76.1 Å². The van der Waals surface area contributed by atoms with Crippen LogP contribution in [0.4, 0.5) is 32.4 Å². The van der Waals surface area contributed by atoms with Gasteiger partial charge >= 0.3 is 11.6 Å². The van der Waals surface area contributed by atoms with Crippen molar-refractivity contribution in [3.05, 3.63) is 77.4 Å². The minimum atomic E-state index is -5.67. The highest BCUT2D eigenvalue weighted by atomic mass is 32.2. The first kappa shape index (κ1) is 42.8. The Morgan fingerprint density at radius 1 is 0.931 bits per heavy atom. The summed E-state index contributed by atoms with van der Waals surface area (Å²) in [5, 5.41) is 8.22. The molecule has 3 aromatic carbocycles. The molecular weight excluding hydrogens is 794 g/mol. The van der Waals surface area contributed by atoms with Gasteiger partial charge in [-0.2, -0.15) is 13.2 Å². The number of anilines is 1. The molecule has 58 heavy (non-hydrogen) atoms. The molecule has 4 atom stereocenters. The lowest BCUT2D eigenvalue weighted by atomic mass is 9.83. The molecule has 0 spiro atoms. The fourth-order valence-electron chi connectivity index (χ4n) is 7.99. The van der Waals surface area contributed by atoms with E-state index < -0.39 is 72.9 Å². The molecule has 3 N–H and O–H groups in total. The highest BCUT2D eigenvalue weighted by molar-refractivity contribution is 7.92. The number of alkyl halides is 3. The van der Waals surface area contributed by atoms with Crippen LogP contribution in [-0.2, 0) is 35.3 Å². The van der Waals surface area contributed by atoms with Crippen molar-refractivity contribution < 1.29 is 63.7 Å². The summed E-state index contributed by atoms with van der Waals surface area (Å²) in [4.78, 5) is 39.1. The number of carbonyl (C=O) groups is 3. The SMILES string of the molecule is COc1cc(F)c(-c2ccc(CCC3(NC(=O)OC(C)(C)C)COCOC3)c(F)c2)cc1C(=O)N[C@@H]1[C@H]2CC[C@H](C2)[C@@H]1C(=O)Nc1cccc(S(=O)(=O)C(F)(F)F)c1. The molecule has 3 aromatic rings. The Hall–Kier alpha value is -4.81. The van der Waals surface area contributed by atoms with Gasteiger partial charge in [0.25, 0.3) is 15.7 Å². The molecule has 0 aromatic heterocycles. The van der Waals surface area contributed by atoms with Gasteiger partial charge in [0.15, 0.2) is 0 Å². The van der Waals surface area contributed by atoms with Gasteiger partial charge in [-0.15, -0.1) is 0 Å². The standard InChI is InChI=1S/C40H44F5N3O9S/c1-38(2,3)57-37(51)48-39(19-55-21-56-20-39)13-12-22-8-9-23(15-30(22)41)28-17-29(32(54-4)18-31(28)42)35(49)47-34-25-11-10-24(14-25)33(34)36(50)46-26-6-5-7-27(16-26)58(52,53)40(43,44)45/h5-9,15-18,24-25,33-34H,10-14,19-21H2,1-4H3,(H,46,50)(H,47,49)(H,48,51)/t24-,25+,33+,34-/m1/s1. The predicted molar refractivity (Wildman–Crippen MR) is 199 cm³/mol.